The summed E-state index contributed by atoms with van der Waals surface area (Å²) in [5, 5.41) is 5.52. The van der Waals surface area contributed by atoms with Crippen molar-refractivity contribution >= 4 is 29.7 Å². The third-order valence-corrected chi connectivity index (χ3v) is 5.12. The lowest BCUT2D eigenvalue weighted by atomic mass is 10.0. The largest absolute Gasteiger partial charge is 0.466 e. The molecule has 3 aromatic carbocycles. The van der Waals surface area contributed by atoms with E-state index >= 15 is 0 Å². The van der Waals surface area contributed by atoms with Crippen molar-refractivity contribution in [2.45, 2.75) is 38.8 Å². The zero-order valence-electron chi connectivity index (χ0n) is 21.9. The van der Waals surface area contributed by atoms with Gasteiger partial charge in [-0.05, 0) is 74.4 Å². The molecule has 3 aromatic rings. The number of nitrogens with one attached hydrogen (secondary N) is 2. The van der Waals surface area contributed by atoms with Gasteiger partial charge in [0.1, 0.15) is 23.1 Å². The number of carbonyl (C=O) groups is 3. The number of para-hydroxylation sites is 1. The molecule has 0 radical (unpaired) electrons. The Morgan fingerprint density at radius 2 is 1.58 bits per heavy atom. The van der Waals surface area contributed by atoms with Crippen molar-refractivity contribution in [2.24, 2.45) is 0 Å². The molecule has 0 aromatic heterocycles. The molecule has 0 bridgehead atoms. The van der Waals surface area contributed by atoms with E-state index in [2.05, 4.69) is 15.4 Å². The van der Waals surface area contributed by atoms with Gasteiger partial charge in [-0.25, -0.2) is 9.59 Å². The van der Waals surface area contributed by atoms with E-state index in [1.165, 1.54) is 13.2 Å². The summed E-state index contributed by atoms with van der Waals surface area (Å²) >= 11 is 0. The number of carbonyl (C=O) groups excluding carboxylic acids is 3. The van der Waals surface area contributed by atoms with Crippen LogP contribution in [-0.4, -0.2) is 36.7 Å². The molecule has 0 saturated carbocycles. The maximum absolute atomic E-state index is 13.2. The van der Waals surface area contributed by atoms with Gasteiger partial charge in [0.05, 0.1) is 7.11 Å². The molecule has 8 heteroatoms. The Balaban J connectivity index is 1.74. The summed E-state index contributed by atoms with van der Waals surface area (Å²) in [6, 6.07) is 22.7. The number of hydrogen-bond donors (Lipinski definition) is 2. The standard InChI is InChI=1S/C30H32N2O6/c1-30(2,3)38-29(35)32-26(20-22-9-8-12-25(19-22)37-24-10-6-5-7-11-24)28(34)31-23-16-13-21(14-17-23)15-18-27(33)36-4/h5-19,26H,20H2,1-4H3,(H,31,34)(H,32,35). The molecule has 0 aliphatic rings. The summed E-state index contributed by atoms with van der Waals surface area (Å²) in [5.41, 5.74) is 1.36. The highest BCUT2D eigenvalue weighted by Gasteiger charge is 2.25. The number of hydrogen-bond acceptors (Lipinski definition) is 6. The fraction of sp³-hybridized carbons (Fsp3) is 0.233. The van der Waals surface area contributed by atoms with Crippen molar-refractivity contribution in [1.82, 2.24) is 5.32 Å². The van der Waals surface area contributed by atoms with Gasteiger partial charge in [-0.3, -0.25) is 4.79 Å². The van der Waals surface area contributed by atoms with E-state index in [9.17, 15) is 14.4 Å². The highest BCUT2D eigenvalue weighted by Crippen LogP contribution is 2.23. The van der Waals surface area contributed by atoms with Crippen LogP contribution < -0.4 is 15.4 Å². The molecule has 0 spiro atoms. The first kappa shape index (κ1) is 28.0. The topological polar surface area (TPSA) is 103 Å². The van der Waals surface area contributed by atoms with Crippen LogP contribution in [0.1, 0.15) is 31.9 Å². The average molecular weight is 517 g/mol. The Morgan fingerprint density at radius 3 is 2.24 bits per heavy atom. The third-order valence-electron chi connectivity index (χ3n) is 5.12. The summed E-state index contributed by atoms with van der Waals surface area (Å²) < 4.78 is 15.9. The fourth-order valence-electron chi connectivity index (χ4n) is 3.39. The molecule has 0 heterocycles. The van der Waals surface area contributed by atoms with Gasteiger partial charge in [0.2, 0.25) is 5.91 Å². The van der Waals surface area contributed by atoms with Crippen molar-refractivity contribution in [3.05, 3.63) is 96.1 Å². The van der Waals surface area contributed by atoms with Gasteiger partial charge in [0, 0.05) is 18.2 Å². The molecule has 0 saturated heterocycles. The van der Waals surface area contributed by atoms with Gasteiger partial charge in [-0.15, -0.1) is 0 Å². The summed E-state index contributed by atoms with van der Waals surface area (Å²) in [5.74, 6) is 0.427. The molecule has 2 N–H and O–H groups in total. The van der Waals surface area contributed by atoms with Crippen LogP contribution in [0.4, 0.5) is 10.5 Å². The normalized spacial score (nSPS) is 11.9. The summed E-state index contributed by atoms with van der Waals surface area (Å²) in [6.45, 7) is 5.26. The first-order valence-corrected chi connectivity index (χ1v) is 12.1. The SMILES string of the molecule is COC(=O)C=Cc1ccc(NC(=O)C(Cc2cccc(Oc3ccccc3)c2)NC(=O)OC(C)(C)C)cc1. The van der Waals surface area contributed by atoms with Crippen LogP contribution in [0.25, 0.3) is 6.08 Å². The van der Waals surface area contributed by atoms with E-state index in [1.807, 2.05) is 54.6 Å². The van der Waals surface area contributed by atoms with Crippen LogP contribution >= 0.6 is 0 Å². The molecule has 0 aliphatic carbocycles. The lowest BCUT2D eigenvalue weighted by Gasteiger charge is -2.23. The van der Waals surface area contributed by atoms with Crippen LogP contribution in [0, 0.1) is 0 Å². The molecule has 38 heavy (non-hydrogen) atoms. The highest BCUT2D eigenvalue weighted by molar-refractivity contribution is 5.97. The third kappa shape index (κ3) is 9.46. The second kappa shape index (κ2) is 13.1. The Kier molecular flexibility index (Phi) is 9.65. The molecular weight excluding hydrogens is 484 g/mol. The number of methoxy groups -OCH3 is 1. The van der Waals surface area contributed by atoms with Gasteiger partial charge in [0.25, 0.3) is 0 Å². The molecule has 198 valence electrons. The van der Waals surface area contributed by atoms with Crippen LogP contribution in [-0.2, 0) is 25.5 Å². The number of amides is 2. The number of rotatable bonds is 9. The molecule has 2 amide bonds. The van der Waals surface area contributed by atoms with Crippen LogP contribution in [0.5, 0.6) is 11.5 Å². The average Bonchev–Trinajstić information content (AvgIpc) is 2.87. The minimum absolute atomic E-state index is 0.205. The van der Waals surface area contributed by atoms with E-state index in [1.54, 1.807) is 51.1 Å². The summed E-state index contributed by atoms with van der Waals surface area (Å²) in [7, 11) is 1.31. The van der Waals surface area contributed by atoms with E-state index in [0.29, 0.717) is 17.2 Å². The Bertz CT molecular complexity index is 1260. The number of benzene rings is 3. The zero-order valence-corrected chi connectivity index (χ0v) is 21.9. The van der Waals surface area contributed by atoms with Crippen molar-refractivity contribution in [2.75, 3.05) is 12.4 Å². The molecule has 1 unspecified atom stereocenters. The van der Waals surface area contributed by atoms with E-state index in [0.717, 1.165) is 11.1 Å². The lowest BCUT2D eigenvalue weighted by molar-refractivity contribution is -0.134. The van der Waals surface area contributed by atoms with Crippen LogP contribution in [0.2, 0.25) is 0 Å². The zero-order chi connectivity index (χ0) is 27.5. The molecule has 3 rings (SSSR count). The Morgan fingerprint density at radius 1 is 0.895 bits per heavy atom. The van der Waals surface area contributed by atoms with Crippen molar-refractivity contribution in [1.29, 1.82) is 0 Å². The second-order valence-electron chi connectivity index (χ2n) is 9.43. The summed E-state index contributed by atoms with van der Waals surface area (Å²) in [6.07, 6.45) is 2.42. The van der Waals surface area contributed by atoms with E-state index in [4.69, 9.17) is 9.47 Å². The van der Waals surface area contributed by atoms with Gasteiger partial charge in [-0.2, -0.15) is 0 Å². The number of ether oxygens (including phenoxy) is 3. The smallest absolute Gasteiger partial charge is 0.408 e. The quantitative estimate of drug-likeness (QED) is 0.278. The predicted octanol–water partition coefficient (Wildman–Crippen LogP) is 5.74. The van der Waals surface area contributed by atoms with Gasteiger partial charge < -0.3 is 24.8 Å². The minimum Gasteiger partial charge on any atom is -0.466 e. The predicted molar refractivity (Wildman–Crippen MR) is 146 cm³/mol. The monoisotopic (exact) mass is 516 g/mol. The maximum Gasteiger partial charge on any atom is 0.408 e. The van der Waals surface area contributed by atoms with E-state index < -0.39 is 29.6 Å². The van der Waals surface area contributed by atoms with Gasteiger partial charge >= 0.3 is 12.1 Å². The summed E-state index contributed by atoms with van der Waals surface area (Å²) in [4.78, 5) is 37.1. The van der Waals surface area contributed by atoms with Crippen molar-refractivity contribution in [3.8, 4) is 11.5 Å². The molecule has 0 aliphatic heterocycles. The van der Waals surface area contributed by atoms with E-state index in [-0.39, 0.29) is 6.42 Å². The first-order valence-electron chi connectivity index (χ1n) is 12.1. The van der Waals surface area contributed by atoms with Crippen molar-refractivity contribution < 1.29 is 28.6 Å². The number of esters is 1. The van der Waals surface area contributed by atoms with Crippen LogP contribution in [0.15, 0.2) is 84.9 Å². The Hall–Kier alpha value is -4.59. The lowest BCUT2D eigenvalue weighted by Crippen LogP contribution is -2.47. The highest BCUT2D eigenvalue weighted by atomic mass is 16.6. The van der Waals surface area contributed by atoms with Gasteiger partial charge in [-0.1, -0.05) is 42.5 Å². The molecule has 0 fully saturated rings. The fourth-order valence-corrected chi connectivity index (χ4v) is 3.39. The van der Waals surface area contributed by atoms with Gasteiger partial charge in [0.15, 0.2) is 0 Å². The molecule has 1 atom stereocenters. The van der Waals surface area contributed by atoms with Crippen molar-refractivity contribution in [3.63, 3.8) is 0 Å². The first-order chi connectivity index (χ1) is 18.1. The number of alkyl carbamates (subject to hydrolysis) is 1. The minimum atomic E-state index is -0.921. The Labute approximate surface area is 222 Å². The second-order valence-corrected chi connectivity index (χ2v) is 9.43. The van der Waals surface area contributed by atoms with Crippen LogP contribution in [0.3, 0.4) is 0 Å². The number of anilines is 1. The molecular formula is C30H32N2O6. The maximum atomic E-state index is 13.2. The molecule has 8 nitrogen and oxygen atoms in total.